The van der Waals surface area contributed by atoms with Crippen molar-refractivity contribution >= 4 is 26.7 Å². The number of hydrogen-bond donors (Lipinski definition) is 1. The van der Waals surface area contributed by atoms with Crippen LogP contribution in [0.25, 0.3) is 22.2 Å². The number of nitrogens with one attached hydrogen (secondary N) is 1. The summed E-state index contributed by atoms with van der Waals surface area (Å²) in [5.74, 6) is 2.44. The topological polar surface area (TPSA) is 41.6 Å². The van der Waals surface area contributed by atoms with Crippen LogP contribution < -0.4 is 0 Å². The highest BCUT2D eigenvalue weighted by Crippen LogP contribution is 2.38. The van der Waals surface area contributed by atoms with E-state index >= 15 is 0 Å². The Bertz CT molecular complexity index is 759. The Morgan fingerprint density at radius 2 is 1.84 bits per heavy atom. The Morgan fingerprint density at radius 1 is 1.05 bits per heavy atom. The number of aromatic amines is 1. The lowest BCUT2D eigenvalue weighted by Crippen LogP contribution is -1.83. The molecule has 1 heterocycles. The van der Waals surface area contributed by atoms with Gasteiger partial charge in [-0.05, 0) is 41.8 Å². The standard InChI is InChI=1S/C15H12BrN3/c16-13-6-5-10-7-12(4-3-11(10)8-13)15-17-14(18-19-15)9-1-2-9/h3-9H,1-2H2,(H,17,18,19). The van der Waals surface area contributed by atoms with Crippen LogP contribution in [0.5, 0.6) is 0 Å². The van der Waals surface area contributed by atoms with Crippen LogP contribution in [0.4, 0.5) is 0 Å². The van der Waals surface area contributed by atoms with Gasteiger partial charge in [-0.2, -0.15) is 5.10 Å². The summed E-state index contributed by atoms with van der Waals surface area (Å²) in [5.41, 5.74) is 1.07. The summed E-state index contributed by atoms with van der Waals surface area (Å²) in [6.45, 7) is 0. The first-order chi connectivity index (χ1) is 9.29. The molecule has 4 heteroatoms. The molecular weight excluding hydrogens is 302 g/mol. The number of rotatable bonds is 2. The molecule has 1 fully saturated rings. The second-order valence-corrected chi connectivity index (χ2v) is 5.94. The molecule has 1 aromatic heterocycles. The van der Waals surface area contributed by atoms with Crippen molar-refractivity contribution < 1.29 is 0 Å². The van der Waals surface area contributed by atoms with Gasteiger partial charge in [0.15, 0.2) is 5.82 Å². The molecule has 0 atom stereocenters. The Balaban J connectivity index is 1.78. The van der Waals surface area contributed by atoms with Crippen LogP contribution in [0.2, 0.25) is 0 Å². The Kier molecular flexibility index (Phi) is 2.45. The minimum absolute atomic E-state index is 0.609. The SMILES string of the molecule is Brc1ccc2cc(-c3n[nH]c(C4CC4)n3)ccc2c1. The lowest BCUT2D eigenvalue weighted by atomic mass is 10.1. The van der Waals surface area contributed by atoms with E-state index in [1.165, 1.54) is 23.6 Å². The molecular formula is C15H12BrN3. The maximum atomic E-state index is 4.59. The second kappa shape index (κ2) is 4.17. The monoisotopic (exact) mass is 313 g/mol. The third kappa shape index (κ3) is 2.06. The van der Waals surface area contributed by atoms with Crippen molar-refractivity contribution in [1.82, 2.24) is 15.2 Å². The van der Waals surface area contributed by atoms with E-state index in [9.17, 15) is 0 Å². The van der Waals surface area contributed by atoms with E-state index in [-0.39, 0.29) is 0 Å². The normalized spacial score (nSPS) is 15.0. The zero-order valence-corrected chi connectivity index (χ0v) is 11.8. The third-order valence-corrected chi connectivity index (χ3v) is 4.02. The summed E-state index contributed by atoms with van der Waals surface area (Å²) >= 11 is 3.49. The first-order valence-corrected chi connectivity index (χ1v) is 7.21. The number of hydrogen-bond acceptors (Lipinski definition) is 2. The molecule has 2 aromatic carbocycles. The highest BCUT2D eigenvalue weighted by Gasteiger charge is 2.27. The molecule has 0 amide bonds. The minimum Gasteiger partial charge on any atom is -0.262 e. The van der Waals surface area contributed by atoms with E-state index in [0.717, 1.165) is 21.7 Å². The molecule has 19 heavy (non-hydrogen) atoms. The van der Waals surface area contributed by atoms with Crippen molar-refractivity contribution in [3.8, 4) is 11.4 Å². The summed E-state index contributed by atoms with van der Waals surface area (Å²) in [5, 5.41) is 9.81. The van der Waals surface area contributed by atoms with Crippen LogP contribution >= 0.6 is 15.9 Å². The van der Waals surface area contributed by atoms with E-state index < -0.39 is 0 Å². The van der Waals surface area contributed by atoms with E-state index in [2.05, 4.69) is 67.5 Å². The summed E-state index contributed by atoms with van der Waals surface area (Å²) in [6.07, 6.45) is 2.47. The maximum absolute atomic E-state index is 4.59. The van der Waals surface area contributed by atoms with E-state index in [1.54, 1.807) is 0 Å². The van der Waals surface area contributed by atoms with Crippen molar-refractivity contribution in [2.45, 2.75) is 18.8 Å². The van der Waals surface area contributed by atoms with Gasteiger partial charge in [0, 0.05) is 16.0 Å². The van der Waals surface area contributed by atoms with E-state index in [0.29, 0.717) is 5.92 Å². The van der Waals surface area contributed by atoms with Gasteiger partial charge >= 0.3 is 0 Å². The molecule has 0 spiro atoms. The quantitative estimate of drug-likeness (QED) is 0.767. The zero-order valence-electron chi connectivity index (χ0n) is 10.2. The van der Waals surface area contributed by atoms with Gasteiger partial charge in [-0.3, -0.25) is 5.10 Å². The van der Waals surface area contributed by atoms with Gasteiger partial charge < -0.3 is 0 Å². The molecule has 0 unspecified atom stereocenters. The molecule has 1 saturated carbocycles. The molecule has 94 valence electrons. The summed E-state index contributed by atoms with van der Waals surface area (Å²) in [6, 6.07) is 12.6. The lowest BCUT2D eigenvalue weighted by molar-refractivity contribution is 0.935. The van der Waals surface area contributed by atoms with Gasteiger partial charge in [-0.25, -0.2) is 4.98 Å². The Labute approximate surface area is 119 Å². The van der Waals surface area contributed by atoms with E-state index in [1.807, 2.05) is 0 Å². The fraction of sp³-hybridized carbons (Fsp3) is 0.200. The van der Waals surface area contributed by atoms with Crippen LogP contribution in [0.1, 0.15) is 24.6 Å². The highest BCUT2D eigenvalue weighted by atomic mass is 79.9. The van der Waals surface area contributed by atoms with Crippen molar-refractivity contribution in [1.29, 1.82) is 0 Å². The molecule has 0 bridgehead atoms. The molecule has 1 aliphatic rings. The van der Waals surface area contributed by atoms with Gasteiger partial charge in [-0.1, -0.05) is 34.1 Å². The molecule has 0 saturated heterocycles. The first kappa shape index (κ1) is 11.2. The molecule has 4 rings (SSSR count). The molecule has 3 aromatic rings. The number of benzene rings is 2. The number of H-pyrrole nitrogens is 1. The Hall–Kier alpha value is -1.68. The van der Waals surface area contributed by atoms with Crippen LogP contribution in [0.15, 0.2) is 40.9 Å². The Morgan fingerprint density at radius 3 is 2.68 bits per heavy atom. The molecule has 1 N–H and O–H groups in total. The first-order valence-electron chi connectivity index (χ1n) is 6.41. The van der Waals surface area contributed by atoms with Crippen molar-refractivity contribution in [3.05, 3.63) is 46.7 Å². The fourth-order valence-corrected chi connectivity index (χ4v) is 2.68. The van der Waals surface area contributed by atoms with Gasteiger partial charge in [0.2, 0.25) is 0 Å². The fourth-order valence-electron chi connectivity index (χ4n) is 2.30. The summed E-state index contributed by atoms with van der Waals surface area (Å²) < 4.78 is 1.10. The molecule has 0 radical (unpaired) electrons. The zero-order chi connectivity index (χ0) is 12.8. The molecule has 0 aliphatic heterocycles. The maximum Gasteiger partial charge on any atom is 0.181 e. The van der Waals surface area contributed by atoms with Gasteiger partial charge in [-0.15, -0.1) is 0 Å². The highest BCUT2D eigenvalue weighted by molar-refractivity contribution is 9.10. The molecule has 1 aliphatic carbocycles. The minimum atomic E-state index is 0.609. The van der Waals surface area contributed by atoms with Crippen LogP contribution in [-0.2, 0) is 0 Å². The molecule has 3 nitrogen and oxygen atoms in total. The van der Waals surface area contributed by atoms with Crippen molar-refractivity contribution in [2.75, 3.05) is 0 Å². The summed E-state index contributed by atoms with van der Waals surface area (Å²) in [7, 11) is 0. The second-order valence-electron chi connectivity index (χ2n) is 5.02. The smallest absolute Gasteiger partial charge is 0.181 e. The lowest BCUT2D eigenvalue weighted by Gasteiger charge is -2.01. The number of fused-ring (bicyclic) bond motifs is 1. The predicted molar refractivity (Wildman–Crippen MR) is 79.0 cm³/mol. The van der Waals surface area contributed by atoms with Gasteiger partial charge in [0.1, 0.15) is 5.82 Å². The summed E-state index contributed by atoms with van der Waals surface area (Å²) in [4.78, 5) is 4.59. The van der Waals surface area contributed by atoms with Crippen LogP contribution in [0.3, 0.4) is 0 Å². The average molecular weight is 314 g/mol. The number of aromatic nitrogens is 3. The largest absolute Gasteiger partial charge is 0.262 e. The number of halogens is 1. The number of nitrogens with zero attached hydrogens (tertiary/aromatic N) is 2. The van der Waals surface area contributed by atoms with Gasteiger partial charge in [0.25, 0.3) is 0 Å². The third-order valence-electron chi connectivity index (χ3n) is 3.53. The van der Waals surface area contributed by atoms with Crippen molar-refractivity contribution in [2.24, 2.45) is 0 Å². The van der Waals surface area contributed by atoms with Crippen molar-refractivity contribution in [3.63, 3.8) is 0 Å². The van der Waals surface area contributed by atoms with Crippen LogP contribution in [0, 0.1) is 0 Å². The van der Waals surface area contributed by atoms with Gasteiger partial charge in [0.05, 0.1) is 0 Å². The van der Waals surface area contributed by atoms with E-state index in [4.69, 9.17) is 0 Å². The van der Waals surface area contributed by atoms with Crippen LogP contribution in [-0.4, -0.2) is 15.2 Å². The predicted octanol–water partition coefficient (Wildman–Crippen LogP) is 4.26. The average Bonchev–Trinajstić information content (AvgIpc) is 3.16.